The molecular weight excluding hydrogens is 206 g/mol. The van der Waals surface area contributed by atoms with Crippen LogP contribution in [0, 0.1) is 11.3 Å². The summed E-state index contributed by atoms with van der Waals surface area (Å²) in [5, 5.41) is 2.73. The van der Waals surface area contributed by atoms with E-state index >= 15 is 0 Å². The van der Waals surface area contributed by atoms with Gasteiger partial charge in [-0.15, -0.1) is 0 Å². The molecule has 1 aliphatic rings. The summed E-state index contributed by atoms with van der Waals surface area (Å²) in [6.07, 6.45) is 0. The maximum absolute atomic E-state index is 5.88. The van der Waals surface area contributed by atoms with Crippen molar-refractivity contribution in [2.24, 2.45) is 17.1 Å². The Bertz CT molecular complexity index is 551. The van der Waals surface area contributed by atoms with Gasteiger partial charge < -0.3 is 5.73 Å². The minimum Gasteiger partial charge on any atom is -0.330 e. The Morgan fingerprint density at radius 1 is 1.06 bits per heavy atom. The number of benzene rings is 2. The predicted molar refractivity (Wildman–Crippen MR) is 73.0 cm³/mol. The molecular formula is C16H19N. The van der Waals surface area contributed by atoms with Crippen molar-refractivity contribution in [3.05, 3.63) is 48.0 Å². The molecule has 1 aliphatic carbocycles. The summed E-state index contributed by atoms with van der Waals surface area (Å²) in [5.74, 6) is 1.26. The number of hydrogen-bond acceptors (Lipinski definition) is 1. The maximum atomic E-state index is 5.88. The molecule has 0 aromatic heterocycles. The fourth-order valence-corrected chi connectivity index (χ4v) is 3.32. The highest BCUT2D eigenvalue weighted by molar-refractivity contribution is 5.86. The number of rotatable bonds is 2. The van der Waals surface area contributed by atoms with E-state index in [1.807, 2.05) is 0 Å². The van der Waals surface area contributed by atoms with E-state index in [-0.39, 0.29) is 0 Å². The van der Waals surface area contributed by atoms with Crippen LogP contribution in [0.2, 0.25) is 0 Å². The van der Waals surface area contributed by atoms with Gasteiger partial charge in [0.1, 0.15) is 0 Å². The molecule has 0 heterocycles. The topological polar surface area (TPSA) is 26.0 Å². The predicted octanol–water partition coefficient (Wildman–Crippen LogP) is 3.54. The van der Waals surface area contributed by atoms with E-state index < -0.39 is 0 Å². The van der Waals surface area contributed by atoms with Gasteiger partial charge in [-0.25, -0.2) is 0 Å². The Labute approximate surface area is 103 Å². The largest absolute Gasteiger partial charge is 0.330 e. The molecule has 1 heteroatoms. The molecule has 2 N–H and O–H groups in total. The SMILES string of the molecule is CC1(C)C(CN)C1c1cccc2ccccc12. The molecule has 88 valence electrons. The van der Waals surface area contributed by atoms with Gasteiger partial charge in [0, 0.05) is 0 Å². The van der Waals surface area contributed by atoms with Crippen molar-refractivity contribution in [3.63, 3.8) is 0 Å². The molecule has 2 aromatic rings. The van der Waals surface area contributed by atoms with E-state index in [1.165, 1.54) is 16.3 Å². The van der Waals surface area contributed by atoms with E-state index in [4.69, 9.17) is 5.73 Å². The molecule has 0 aliphatic heterocycles. The van der Waals surface area contributed by atoms with E-state index in [0.717, 1.165) is 6.54 Å². The van der Waals surface area contributed by atoms with Crippen LogP contribution in [0.4, 0.5) is 0 Å². The third-order valence-corrected chi connectivity index (χ3v) is 4.46. The van der Waals surface area contributed by atoms with Crippen LogP contribution in [0.15, 0.2) is 42.5 Å². The van der Waals surface area contributed by atoms with Crippen molar-refractivity contribution in [3.8, 4) is 0 Å². The molecule has 0 saturated heterocycles. The number of fused-ring (bicyclic) bond motifs is 1. The van der Waals surface area contributed by atoms with E-state index in [2.05, 4.69) is 56.3 Å². The first-order valence-electron chi connectivity index (χ1n) is 6.34. The summed E-state index contributed by atoms with van der Waals surface area (Å²) >= 11 is 0. The van der Waals surface area contributed by atoms with E-state index in [9.17, 15) is 0 Å². The highest BCUT2D eigenvalue weighted by Gasteiger charge is 2.57. The summed E-state index contributed by atoms with van der Waals surface area (Å²) in [7, 11) is 0. The lowest BCUT2D eigenvalue weighted by Gasteiger charge is -2.07. The van der Waals surface area contributed by atoms with Gasteiger partial charge in [0.25, 0.3) is 0 Å². The van der Waals surface area contributed by atoms with Crippen LogP contribution in [0.1, 0.15) is 25.3 Å². The maximum Gasteiger partial charge on any atom is -0.00375 e. The first kappa shape index (κ1) is 10.8. The molecule has 0 bridgehead atoms. The van der Waals surface area contributed by atoms with Gasteiger partial charge >= 0.3 is 0 Å². The Hall–Kier alpha value is -1.34. The highest BCUT2D eigenvalue weighted by atomic mass is 14.7. The third kappa shape index (κ3) is 1.49. The minimum absolute atomic E-state index is 0.360. The standard InChI is InChI=1S/C16H19N/c1-16(2)14(10-17)15(16)13-9-5-7-11-6-3-4-8-12(11)13/h3-9,14-15H,10,17H2,1-2H3. The molecule has 2 aromatic carbocycles. The minimum atomic E-state index is 0.360. The van der Waals surface area contributed by atoms with Gasteiger partial charge in [-0.3, -0.25) is 0 Å². The van der Waals surface area contributed by atoms with Gasteiger partial charge in [-0.1, -0.05) is 56.3 Å². The molecule has 3 rings (SSSR count). The van der Waals surface area contributed by atoms with Crippen LogP contribution >= 0.6 is 0 Å². The number of hydrogen-bond donors (Lipinski definition) is 1. The average Bonchev–Trinajstić information content (AvgIpc) is 2.90. The first-order valence-corrected chi connectivity index (χ1v) is 6.34. The Balaban J connectivity index is 2.14. The molecule has 2 unspecified atom stereocenters. The van der Waals surface area contributed by atoms with Crippen molar-refractivity contribution >= 4 is 10.8 Å². The second-order valence-corrected chi connectivity index (χ2v) is 5.71. The average molecular weight is 225 g/mol. The summed E-state index contributed by atoms with van der Waals surface area (Å²) in [6.45, 7) is 5.45. The van der Waals surface area contributed by atoms with Crippen molar-refractivity contribution in [1.82, 2.24) is 0 Å². The van der Waals surface area contributed by atoms with Crippen molar-refractivity contribution in [2.75, 3.05) is 6.54 Å². The van der Waals surface area contributed by atoms with Crippen LogP contribution in [-0.4, -0.2) is 6.54 Å². The Morgan fingerprint density at radius 3 is 2.47 bits per heavy atom. The zero-order chi connectivity index (χ0) is 12.0. The lowest BCUT2D eigenvalue weighted by atomic mass is 9.97. The molecule has 0 spiro atoms. The second-order valence-electron chi connectivity index (χ2n) is 5.71. The number of nitrogens with two attached hydrogens (primary N) is 1. The van der Waals surface area contributed by atoms with E-state index in [0.29, 0.717) is 17.3 Å². The fraction of sp³-hybridized carbons (Fsp3) is 0.375. The van der Waals surface area contributed by atoms with Gasteiger partial charge in [-0.2, -0.15) is 0 Å². The van der Waals surface area contributed by atoms with Crippen LogP contribution in [0.5, 0.6) is 0 Å². The molecule has 17 heavy (non-hydrogen) atoms. The van der Waals surface area contributed by atoms with Crippen molar-refractivity contribution < 1.29 is 0 Å². The fourth-order valence-electron chi connectivity index (χ4n) is 3.32. The molecule has 2 atom stereocenters. The summed E-state index contributed by atoms with van der Waals surface area (Å²) < 4.78 is 0. The van der Waals surface area contributed by atoms with Crippen LogP contribution in [-0.2, 0) is 0 Å². The smallest absolute Gasteiger partial charge is 0.00375 e. The van der Waals surface area contributed by atoms with Crippen molar-refractivity contribution in [1.29, 1.82) is 0 Å². The monoisotopic (exact) mass is 225 g/mol. The first-order chi connectivity index (χ1) is 8.16. The zero-order valence-electron chi connectivity index (χ0n) is 10.5. The Morgan fingerprint density at radius 2 is 1.76 bits per heavy atom. The lowest BCUT2D eigenvalue weighted by molar-refractivity contribution is 0.559. The lowest BCUT2D eigenvalue weighted by Crippen LogP contribution is -2.05. The Kier molecular flexibility index (Phi) is 2.27. The van der Waals surface area contributed by atoms with Gasteiger partial charge in [0.2, 0.25) is 0 Å². The van der Waals surface area contributed by atoms with Crippen molar-refractivity contribution in [2.45, 2.75) is 19.8 Å². The normalized spacial score (nSPS) is 26.1. The van der Waals surface area contributed by atoms with Gasteiger partial charge in [0.05, 0.1) is 0 Å². The molecule has 1 fully saturated rings. The summed E-state index contributed by atoms with van der Waals surface area (Å²) in [4.78, 5) is 0. The highest BCUT2D eigenvalue weighted by Crippen LogP contribution is 2.64. The van der Waals surface area contributed by atoms with Gasteiger partial charge in [-0.05, 0) is 40.1 Å². The van der Waals surface area contributed by atoms with E-state index in [1.54, 1.807) is 0 Å². The van der Waals surface area contributed by atoms with Gasteiger partial charge in [0.15, 0.2) is 0 Å². The van der Waals surface area contributed by atoms with Crippen LogP contribution < -0.4 is 5.73 Å². The quantitative estimate of drug-likeness (QED) is 0.831. The molecule has 1 nitrogen and oxygen atoms in total. The third-order valence-electron chi connectivity index (χ3n) is 4.46. The molecule has 1 saturated carbocycles. The van der Waals surface area contributed by atoms with Crippen LogP contribution in [0.3, 0.4) is 0 Å². The molecule has 0 radical (unpaired) electrons. The second kappa shape index (κ2) is 3.58. The summed E-state index contributed by atoms with van der Waals surface area (Å²) in [5.41, 5.74) is 7.72. The zero-order valence-corrected chi connectivity index (χ0v) is 10.5. The summed E-state index contributed by atoms with van der Waals surface area (Å²) in [6, 6.07) is 15.3. The molecule has 0 amide bonds. The van der Waals surface area contributed by atoms with Crippen LogP contribution in [0.25, 0.3) is 10.8 Å².